The molecule has 0 aliphatic rings. The minimum Gasteiger partial charge on any atom is -0.437 e. The van der Waals surface area contributed by atoms with E-state index < -0.39 is 0 Å². The van der Waals surface area contributed by atoms with Gasteiger partial charge in [0.1, 0.15) is 5.75 Å². The molecule has 0 bridgehead atoms. The number of anilines is 1. The van der Waals surface area contributed by atoms with Crippen molar-refractivity contribution in [1.29, 1.82) is 0 Å². The summed E-state index contributed by atoms with van der Waals surface area (Å²) < 4.78 is 11.5. The maximum Gasteiger partial charge on any atom is 0.242 e. The molecule has 1 unspecified atom stereocenters. The Labute approximate surface area is 125 Å². The van der Waals surface area contributed by atoms with Crippen molar-refractivity contribution < 1.29 is 9.47 Å². The van der Waals surface area contributed by atoms with Crippen LogP contribution in [0.4, 0.5) is 5.69 Å². The smallest absolute Gasteiger partial charge is 0.242 e. The van der Waals surface area contributed by atoms with Crippen molar-refractivity contribution >= 4 is 5.69 Å². The Morgan fingerprint density at radius 2 is 2.00 bits per heavy atom. The highest BCUT2D eigenvalue weighted by atomic mass is 16.5. The zero-order valence-corrected chi connectivity index (χ0v) is 12.6. The van der Waals surface area contributed by atoms with Gasteiger partial charge < -0.3 is 15.2 Å². The minimum absolute atomic E-state index is 0.248. The summed E-state index contributed by atoms with van der Waals surface area (Å²) in [7, 11) is 0. The summed E-state index contributed by atoms with van der Waals surface area (Å²) in [6.07, 6.45) is 2.69. The van der Waals surface area contributed by atoms with Crippen LogP contribution in [-0.2, 0) is 4.74 Å². The van der Waals surface area contributed by atoms with Crippen molar-refractivity contribution in [2.45, 2.75) is 26.2 Å². The second kappa shape index (κ2) is 7.64. The summed E-state index contributed by atoms with van der Waals surface area (Å²) in [4.78, 5) is 4.17. The Morgan fingerprint density at radius 3 is 2.76 bits per heavy atom. The second-order valence-corrected chi connectivity index (χ2v) is 5.01. The maximum absolute atomic E-state index is 5.88. The molecule has 0 fully saturated rings. The predicted molar refractivity (Wildman–Crippen MR) is 84.7 cm³/mol. The first-order valence-electron chi connectivity index (χ1n) is 7.27. The number of nitrogen functional groups attached to an aromatic ring is 1. The Hall–Kier alpha value is -2.07. The van der Waals surface area contributed by atoms with Crippen molar-refractivity contribution in [1.82, 2.24) is 4.98 Å². The van der Waals surface area contributed by atoms with E-state index in [-0.39, 0.29) is 5.92 Å². The van der Waals surface area contributed by atoms with Gasteiger partial charge in [0.25, 0.3) is 0 Å². The lowest BCUT2D eigenvalue weighted by Crippen LogP contribution is -2.07. The zero-order valence-electron chi connectivity index (χ0n) is 12.6. The monoisotopic (exact) mass is 286 g/mol. The van der Waals surface area contributed by atoms with E-state index in [1.165, 1.54) is 0 Å². The normalized spacial score (nSPS) is 12.1. The molecule has 2 aromatic rings. The number of nitrogens with zero attached hydrogens (tertiary/aromatic N) is 1. The van der Waals surface area contributed by atoms with Gasteiger partial charge in [0, 0.05) is 18.7 Å². The van der Waals surface area contributed by atoms with Crippen LogP contribution in [0.5, 0.6) is 11.6 Å². The minimum atomic E-state index is 0.248. The molecule has 4 heteroatoms. The highest BCUT2D eigenvalue weighted by molar-refractivity contribution is 5.50. The van der Waals surface area contributed by atoms with Crippen molar-refractivity contribution in [3.05, 3.63) is 48.2 Å². The van der Waals surface area contributed by atoms with Crippen LogP contribution >= 0.6 is 0 Å². The molecule has 2 N–H and O–H groups in total. The quantitative estimate of drug-likeness (QED) is 0.782. The lowest BCUT2D eigenvalue weighted by Gasteiger charge is -2.17. The third-order valence-corrected chi connectivity index (χ3v) is 3.17. The number of benzene rings is 1. The van der Waals surface area contributed by atoms with Crippen LogP contribution in [0.25, 0.3) is 0 Å². The number of rotatable bonds is 7. The number of hydrogen-bond donors (Lipinski definition) is 1. The third-order valence-electron chi connectivity index (χ3n) is 3.17. The third kappa shape index (κ3) is 4.20. The standard InChI is InChI=1S/C17H22N2O2/c1-3-11-20-12-13(2)14-7-4-5-9-16(14)21-17-15(18)8-6-10-19-17/h4-10,13H,3,11-12,18H2,1-2H3. The van der Waals surface area contributed by atoms with Gasteiger partial charge in [-0.2, -0.15) is 0 Å². The van der Waals surface area contributed by atoms with Crippen molar-refractivity contribution in [2.24, 2.45) is 0 Å². The summed E-state index contributed by atoms with van der Waals surface area (Å²) in [5, 5.41) is 0. The topological polar surface area (TPSA) is 57.4 Å². The van der Waals surface area contributed by atoms with Crippen LogP contribution in [0.3, 0.4) is 0 Å². The van der Waals surface area contributed by atoms with E-state index in [9.17, 15) is 0 Å². The molecule has 112 valence electrons. The van der Waals surface area contributed by atoms with Crippen molar-refractivity contribution in [3.63, 3.8) is 0 Å². The van der Waals surface area contributed by atoms with Crippen molar-refractivity contribution in [2.75, 3.05) is 18.9 Å². The molecule has 1 atom stereocenters. The Morgan fingerprint density at radius 1 is 1.19 bits per heavy atom. The highest BCUT2D eigenvalue weighted by Gasteiger charge is 2.13. The van der Waals surface area contributed by atoms with Gasteiger partial charge in [-0.3, -0.25) is 0 Å². The molecule has 21 heavy (non-hydrogen) atoms. The van der Waals surface area contributed by atoms with Crippen LogP contribution in [-0.4, -0.2) is 18.2 Å². The van der Waals surface area contributed by atoms with Crippen LogP contribution in [0.1, 0.15) is 31.7 Å². The SMILES string of the molecule is CCCOCC(C)c1ccccc1Oc1ncccc1N. The summed E-state index contributed by atoms with van der Waals surface area (Å²) in [6.45, 7) is 5.68. The lowest BCUT2D eigenvalue weighted by molar-refractivity contribution is 0.123. The molecule has 0 aliphatic carbocycles. The van der Waals surface area contributed by atoms with Gasteiger partial charge in [-0.15, -0.1) is 0 Å². The number of para-hydroxylation sites is 1. The molecule has 0 aliphatic heterocycles. The molecule has 1 heterocycles. The van der Waals surface area contributed by atoms with Crippen LogP contribution in [0, 0.1) is 0 Å². The lowest BCUT2D eigenvalue weighted by atomic mass is 10.0. The Balaban J connectivity index is 2.15. The fourth-order valence-corrected chi connectivity index (χ4v) is 2.07. The first-order chi connectivity index (χ1) is 10.2. The average molecular weight is 286 g/mol. The van der Waals surface area contributed by atoms with Gasteiger partial charge in [0.05, 0.1) is 12.3 Å². The highest BCUT2D eigenvalue weighted by Crippen LogP contribution is 2.31. The first kappa shape index (κ1) is 15.3. The molecule has 1 aromatic carbocycles. The molecule has 1 aromatic heterocycles. The number of ether oxygens (including phenoxy) is 2. The van der Waals surface area contributed by atoms with Gasteiger partial charge >= 0.3 is 0 Å². The zero-order chi connectivity index (χ0) is 15.1. The summed E-state index contributed by atoms with van der Waals surface area (Å²) in [6, 6.07) is 11.5. The number of aromatic nitrogens is 1. The van der Waals surface area contributed by atoms with Gasteiger partial charge in [-0.25, -0.2) is 4.98 Å². The maximum atomic E-state index is 5.88. The van der Waals surface area contributed by atoms with E-state index in [1.807, 2.05) is 18.2 Å². The molecular weight excluding hydrogens is 264 g/mol. The van der Waals surface area contributed by atoms with Gasteiger partial charge in [-0.1, -0.05) is 32.0 Å². The summed E-state index contributed by atoms with van der Waals surface area (Å²) in [5.74, 6) is 1.46. The largest absolute Gasteiger partial charge is 0.437 e. The molecular formula is C17H22N2O2. The molecule has 4 nitrogen and oxygen atoms in total. The predicted octanol–water partition coefficient (Wildman–Crippen LogP) is 3.99. The van der Waals surface area contributed by atoms with E-state index in [0.717, 1.165) is 24.3 Å². The molecule has 2 rings (SSSR count). The van der Waals surface area contributed by atoms with Gasteiger partial charge in [0.15, 0.2) is 0 Å². The van der Waals surface area contributed by atoms with Crippen molar-refractivity contribution in [3.8, 4) is 11.6 Å². The van der Waals surface area contributed by atoms with Gasteiger partial charge in [-0.05, 0) is 30.2 Å². The van der Waals surface area contributed by atoms with Crippen LogP contribution in [0.2, 0.25) is 0 Å². The molecule has 0 saturated heterocycles. The number of pyridine rings is 1. The fraction of sp³-hybridized carbons (Fsp3) is 0.353. The van der Waals surface area contributed by atoms with E-state index in [0.29, 0.717) is 18.2 Å². The van der Waals surface area contributed by atoms with E-state index in [2.05, 4.69) is 24.9 Å². The van der Waals surface area contributed by atoms with Crippen LogP contribution in [0.15, 0.2) is 42.6 Å². The molecule has 0 radical (unpaired) electrons. The Bertz CT molecular complexity index is 572. The second-order valence-electron chi connectivity index (χ2n) is 5.01. The number of nitrogens with two attached hydrogens (primary N) is 1. The van der Waals surface area contributed by atoms with E-state index in [1.54, 1.807) is 18.3 Å². The van der Waals surface area contributed by atoms with E-state index >= 15 is 0 Å². The summed E-state index contributed by atoms with van der Waals surface area (Å²) in [5.41, 5.74) is 7.51. The molecule has 0 saturated carbocycles. The fourth-order valence-electron chi connectivity index (χ4n) is 2.07. The molecule has 0 amide bonds. The Kier molecular flexibility index (Phi) is 5.58. The molecule has 0 spiro atoms. The first-order valence-corrected chi connectivity index (χ1v) is 7.27. The van der Waals surface area contributed by atoms with Crippen LogP contribution < -0.4 is 10.5 Å². The average Bonchev–Trinajstić information content (AvgIpc) is 2.50. The number of hydrogen-bond acceptors (Lipinski definition) is 4. The van der Waals surface area contributed by atoms with Gasteiger partial charge in [0.2, 0.25) is 5.88 Å². The summed E-state index contributed by atoms with van der Waals surface area (Å²) >= 11 is 0. The van der Waals surface area contributed by atoms with E-state index in [4.69, 9.17) is 15.2 Å².